The van der Waals surface area contributed by atoms with Crippen LogP contribution >= 0.6 is 23.4 Å². The first-order valence-electron chi connectivity index (χ1n) is 8.49. The Labute approximate surface area is 165 Å². The molecule has 0 aliphatic rings. The standard InChI is InChI=1S/C20H17ClN4OS/c1-12(26)13(2)27-20-24-23-19(25(20)15-9-7-14(21)8-10-15)17-11-22-18-6-4-3-5-16(17)18/h3-11,13,22H,1-2H3. The lowest BCUT2D eigenvalue weighted by Crippen LogP contribution is -2.10. The van der Waals surface area contributed by atoms with E-state index in [1.165, 1.54) is 11.8 Å². The fourth-order valence-corrected chi connectivity index (χ4v) is 3.83. The minimum Gasteiger partial charge on any atom is -0.360 e. The van der Waals surface area contributed by atoms with Gasteiger partial charge in [-0.3, -0.25) is 9.36 Å². The highest BCUT2D eigenvalue weighted by atomic mass is 35.5. The second-order valence-electron chi connectivity index (χ2n) is 6.24. The van der Waals surface area contributed by atoms with Crippen LogP contribution in [0.25, 0.3) is 28.0 Å². The summed E-state index contributed by atoms with van der Waals surface area (Å²) in [6, 6.07) is 15.6. The van der Waals surface area contributed by atoms with Crippen LogP contribution in [0.2, 0.25) is 5.02 Å². The van der Waals surface area contributed by atoms with E-state index in [0.717, 1.165) is 22.2 Å². The van der Waals surface area contributed by atoms with Crippen LogP contribution in [0.5, 0.6) is 0 Å². The van der Waals surface area contributed by atoms with Gasteiger partial charge >= 0.3 is 0 Å². The SMILES string of the molecule is CC(=O)C(C)Sc1nnc(-c2c[nH]c3ccccc23)n1-c1ccc(Cl)cc1. The molecule has 4 aromatic rings. The number of halogens is 1. The monoisotopic (exact) mass is 396 g/mol. The van der Waals surface area contributed by atoms with Crippen molar-refractivity contribution in [3.05, 3.63) is 59.8 Å². The molecular weight excluding hydrogens is 380 g/mol. The predicted octanol–water partition coefficient (Wildman–Crippen LogP) is 5.14. The van der Waals surface area contributed by atoms with Gasteiger partial charge < -0.3 is 4.98 Å². The van der Waals surface area contributed by atoms with Crippen LogP contribution in [0.4, 0.5) is 0 Å². The Hall–Kier alpha value is -2.57. The van der Waals surface area contributed by atoms with E-state index in [4.69, 9.17) is 11.6 Å². The average Bonchev–Trinajstić information content (AvgIpc) is 3.26. The lowest BCUT2D eigenvalue weighted by molar-refractivity contribution is -0.116. The summed E-state index contributed by atoms with van der Waals surface area (Å²) in [6.07, 6.45) is 1.93. The number of hydrogen-bond donors (Lipinski definition) is 1. The van der Waals surface area contributed by atoms with Crippen molar-refractivity contribution in [3.63, 3.8) is 0 Å². The minimum atomic E-state index is -0.212. The molecule has 0 saturated carbocycles. The molecule has 0 spiro atoms. The normalized spacial score (nSPS) is 12.4. The maximum atomic E-state index is 11.8. The summed E-state index contributed by atoms with van der Waals surface area (Å²) in [5, 5.41) is 11.0. The zero-order valence-corrected chi connectivity index (χ0v) is 16.4. The number of thioether (sulfide) groups is 1. The quantitative estimate of drug-likeness (QED) is 0.474. The van der Waals surface area contributed by atoms with Crippen LogP contribution < -0.4 is 0 Å². The van der Waals surface area contributed by atoms with Gasteiger partial charge in [-0.2, -0.15) is 0 Å². The van der Waals surface area contributed by atoms with Crippen molar-refractivity contribution in [3.8, 4) is 17.1 Å². The van der Waals surface area contributed by atoms with Crippen molar-refractivity contribution < 1.29 is 4.79 Å². The summed E-state index contributed by atoms with van der Waals surface area (Å²) in [5.74, 6) is 0.812. The fraction of sp³-hybridized carbons (Fsp3) is 0.150. The molecule has 0 aliphatic heterocycles. The molecule has 2 heterocycles. The molecule has 2 aromatic heterocycles. The molecule has 27 heavy (non-hydrogen) atoms. The maximum Gasteiger partial charge on any atom is 0.196 e. The highest BCUT2D eigenvalue weighted by molar-refractivity contribution is 8.00. The number of aromatic nitrogens is 4. The molecule has 0 aliphatic carbocycles. The van der Waals surface area contributed by atoms with Gasteiger partial charge in [0, 0.05) is 33.4 Å². The Morgan fingerprint density at radius 1 is 1.15 bits per heavy atom. The zero-order valence-electron chi connectivity index (χ0n) is 14.8. The molecule has 0 radical (unpaired) electrons. The molecule has 136 valence electrons. The number of para-hydroxylation sites is 1. The predicted molar refractivity (Wildman–Crippen MR) is 110 cm³/mol. The molecule has 4 rings (SSSR count). The molecule has 0 amide bonds. The van der Waals surface area contributed by atoms with E-state index in [1.807, 2.05) is 66.2 Å². The van der Waals surface area contributed by atoms with Crippen molar-refractivity contribution in [2.24, 2.45) is 0 Å². The number of nitrogens with one attached hydrogen (secondary N) is 1. The lowest BCUT2D eigenvalue weighted by Gasteiger charge is -2.12. The fourth-order valence-electron chi connectivity index (χ4n) is 2.84. The number of ketones is 1. The van der Waals surface area contributed by atoms with E-state index in [2.05, 4.69) is 15.2 Å². The van der Waals surface area contributed by atoms with E-state index >= 15 is 0 Å². The van der Waals surface area contributed by atoms with E-state index in [-0.39, 0.29) is 11.0 Å². The van der Waals surface area contributed by atoms with Crippen LogP contribution in [0.1, 0.15) is 13.8 Å². The second-order valence-corrected chi connectivity index (χ2v) is 7.98. The Morgan fingerprint density at radius 3 is 2.63 bits per heavy atom. The molecule has 0 fully saturated rings. The van der Waals surface area contributed by atoms with Crippen LogP contribution in [0.15, 0.2) is 59.9 Å². The van der Waals surface area contributed by atoms with Crippen LogP contribution in [-0.4, -0.2) is 30.8 Å². The van der Waals surface area contributed by atoms with Crippen LogP contribution in [-0.2, 0) is 4.79 Å². The molecule has 1 atom stereocenters. The van der Waals surface area contributed by atoms with Gasteiger partial charge in [0.25, 0.3) is 0 Å². The van der Waals surface area contributed by atoms with Crippen molar-refractivity contribution in [2.75, 3.05) is 0 Å². The molecule has 1 N–H and O–H groups in total. The van der Waals surface area contributed by atoms with Crippen molar-refractivity contribution >= 4 is 40.0 Å². The molecule has 2 aromatic carbocycles. The van der Waals surface area contributed by atoms with Crippen molar-refractivity contribution in [1.82, 2.24) is 19.7 Å². The summed E-state index contributed by atoms with van der Waals surface area (Å²) in [4.78, 5) is 15.0. The van der Waals surface area contributed by atoms with E-state index < -0.39 is 0 Å². The molecule has 0 bridgehead atoms. The maximum absolute atomic E-state index is 11.8. The number of rotatable bonds is 5. The smallest absolute Gasteiger partial charge is 0.196 e. The number of benzene rings is 2. The molecule has 5 nitrogen and oxygen atoms in total. The number of carbonyl (C=O) groups is 1. The van der Waals surface area contributed by atoms with E-state index in [9.17, 15) is 4.79 Å². The third-order valence-corrected chi connectivity index (χ3v) is 5.82. The number of aromatic amines is 1. The summed E-state index contributed by atoms with van der Waals surface area (Å²) >= 11 is 7.46. The Morgan fingerprint density at radius 2 is 1.89 bits per heavy atom. The van der Waals surface area contributed by atoms with Gasteiger partial charge in [0.15, 0.2) is 11.0 Å². The van der Waals surface area contributed by atoms with Gasteiger partial charge in [0.2, 0.25) is 0 Å². The number of Topliss-reactive ketones (excluding diaryl/α,β-unsaturated/α-hetero) is 1. The van der Waals surface area contributed by atoms with Gasteiger partial charge in [-0.05, 0) is 44.2 Å². The number of nitrogens with zero attached hydrogens (tertiary/aromatic N) is 3. The Kier molecular flexibility index (Phi) is 4.76. The van der Waals surface area contributed by atoms with Gasteiger partial charge in [-0.25, -0.2) is 0 Å². The topological polar surface area (TPSA) is 63.6 Å². The van der Waals surface area contributed by atoms with Crippen LogP contribution in [0, 0.1) is 0 Å². The first-order chi connectivity index (χ1) is 13.0. The van der Waals surface area contributed by atoms with Gasteiger partial charge in [0.1, 0.15) is 5.78 Å². The minimum absolute atomic E-state index is 0.0966. The highest BCUT2D eigenvalue weighted by Crippen LogP contribution is 2.33. The van der Waals surface area contributed by atoms with Gasteiger partial charge in [-0.1, -0.05) is 41.6 Å². The van der Waals surface area contributed by atoms with Gasteiger partial charge in [-0.15, -0.1) is 10.2 Å². The number of carbonyl (C=O) groups excluding carboxylic acids is 1. The Bertz CT molecular complexity index is 1120. The number of H-pyrrole nitrogens is 1. The summed E-state index contributed by atoms with van der Waals surface area (Å²) in [6.45, 7) is 3.46. The largest absolute Gasteiger partial charge is 0.360 e. The highest BCUT2D eigenvalue weighted by Gasteiger charge is 2.21. The third-order valence-electron chi connectivity index (χ3n) is 4.40. The van der Waals surface area contributed by atoms with E-state index in [0.29, 0.717) is 16.0 Å². The van der Waals surface area contributed by atoms with Gasteiger partial charge in [0.05, 0.1) is 5.25 Å². The molecular formula is C20H17ClN4OS. The van der Waals surface area contributed by atoms with Crippen LogP contribution in [0.3, 0.4) is 0 Å². The lowest BCUT2D eigenvalue weighted by atomic mass is 10.1. The second kappa shape index (κ2) is 7.21. The summed E-state index contributed by atoms with van der Waals surface area (Å²) in [5.41, 5.74) is 2.88. The zero-order chi connectivity index (χ0) is 19.0. The summed E-state index contributed by atoms with van der Waals surface area (Å²) < 4.78 is 1.97. The number of hydrogen-bond acceptors (Lipinski definition) is 4. The third kappa shape index (κ3) is 3.38. The van der Waals surface area contributed by atoms with E-state index in [1.54, 1.807) is 6.92 Å². The first kappa shape index (κ1) is 17.8. The molecule has 0 saturated heterocycles. The molecule has 7 heteroatoms. The summed E-state index contributed by atoms with van der Waals surface area (Å²) in [7, 11) is 0. The first-order valence-corrected chi connectivity index (χ1v) is 9.75. The number of fused-ring (bicyclic) bond motifs is 1. The van der Waals surface area contributed by atoms with Crippen molar-refractivity contribution in [2.45, 2.75) is 24.3 Å². The average molecular weight is 397 g/mol. The molecule has 1 unspecified atom stereocenters. The van der Waals surface area contributed by atoms with Crippen molar-refractivity contribution in [1.29, 1.82) is 0 Å². The Balaban J connectivity index is 1.90.